The Labute approximate surface area is 175 Å². The first-order valence-electron chi connectivity index (χ1n) is 9.83. The lowest BCUT2D eigenvalue weighted by molar-refractivity contribution is -0.0402. The molecule has 156 valence electrons. The molecule has 7 heteroatoms. The van der Waals surface area contributed by atoms with Crippen LogP contribution in [-0.4, -0.2) is 42.9 Å². The Morgan fingerprint density at radius 3 is 2.67 bits per heavy atom. The molecule has 1 aromatic heterocycles. The summed E-state index contributed by atoms with van der Waals surface area (Å²) in [6.07, 6.45) is 3.39. The third-order valence-corrected chi connectivity index (χ3v) is 5.03. The van der Waals surface area contributed by atoms with E-state index in [1.165, 1.54) is 7.11 Å². The van der Waals surface area contributed by atoms with Gasteiger partial charge in [-0.25, -0.2) is 4.79 Å². The van der Waals surface area contributed by atoms with Gasteiger partial charge in [0.25, 0.3) is 0 Å². The highest BCUT2D eigenvalue weighted by atomic mass is 16.7. The lowest BCUT2D eigenvalue weighted by atomic mass is 10.1. The normalized spacial score (nSPS) is 15.7. The van der Waals surface area contributed by atoms with E-state index in [9.17, 15) is 4.79 Å². The molecule has 0 N–H and O–H groups in total. The average Bonchev–Trinajstić information content (AvgIpc) is 3.46. The minimum atomic E-state index is -0.349. The van der Waals surface area contributed by atoms with Crippen molar-refractivity contribution >= 4 is 5.97 Å². The van der Waals surface area contributed by atoms with Crippen molar-refractivity contribution in [2.45, 2.75) is 25.7 Å². The highest BCUT2D eigenvalue weighted by Crippen LogP contribution is 2.34. The van der Waals surface area contributed by atoms with Gasteiger partial charge in [0, 0.05) is 18.2 Å². The van der Waals surface area contributed by atoms with Crippen LogP contribution in [0.5, 0.6) is 11.5 Å². The maximum Gasteiger partial charge on any atom is 0.337 e. The van der Waals surface area contributed by atoms with E-state index < -0.39 is 0 Å². The van der Waals surface area contributed by atoms with Crippen LogP contribution in [0.25, 0.3) is 11.3 Å². The number of carbonyl (C=O) groups excluding carboxylic acids is 1. The van der Waals surface area contributed by atoms with E-state index in [4.69, 9.17) is 18.9 Å². The van der Waals surface area contributed by atoms with E-state index >= 15 is 0 Å². The molecule has 1 aliphatic heterocycles. The smallest absolute Gasteiger partial charge is 0.337 e. The molecule has 0 amide bonds. The molecule has 1 fully saturated rings. The first-order valence-corrected chi connectivity index (χ1v) is 9.83. The summed E-state index contributed by atoms with van der Waals surface area (Å²) in [6, 6.07) is 15.1. The van der Waals surface area contributed by atoms with Gasteiger partial charge in [0.2, 0.25) is 0 Å². The van der Waals surface area contributed by atoms with Gasteiger partial charge in [-0.1, -0.05) is 12.1 Å². The van der Waals surface area contributed by atoms with Crippen molar-refractivity contribution in [2.24, 2.45) is 0 Å². The van der Waals surface area contributed by atoms with Crippen LogP contribution in [0.2, 0.25) is 0 Å². The summed E-state index contributed by atoms with van der Waals surface area (Å²) in [5, 5.41) is 4.47. The molecule has 0 aliphatic carbocycles. The first kappa shape index (κ1) is 20.0. The summed E-state index contributed by atoms with van der Waals surface area (Å²) >= 11 is 0. The Balaban J connectivity index is 1.57. The topological polar surface area (TPSA) is 71.8 Å². The zero-order valence-corrected chi connectivity index (χ0v) is 17.0. The predicted molar refractivity (Wildman–Crippen MR) is 111 cm³/mol. The van der Waals surface area contributed by atoms with Crippen molar-refractivity contribution in [3.63, 3.8) is 0 Å². The van der Waals surface area contributed by atoms with Gasteiger partial charge in [0.15, 0.2) is 17.8 Å². The maximum absolute atomic E-state index is 11.6. The van der Waals surface area contributed by atoms with Gasteiger partial charge in [0.05, 0.1) is 38.6 Å². The molecule has 1 saturated heterocycles. The molecule has 0 bridgehead atoms. The lowest BCUT2D eigenvalue weighted by Gasteiger charge is -2.17. The fourth-order valence-electron chi connectivity index (χ4n) is 3.45. The van der Waals surface area contributed by atoms with Crippen molar-refractivity contribution < 1.29 is 23.7 Å². The van der Waals surface area contributed by atoms with Gasteiger partial charge >= 0.3 is 5.97 Å². The van der Waals surface area contributed by atoms with E-state index in [0.717, 1.165) is 29.7 Å². The fourth-order valence-corrected chi connectivity index (χ4v) is 3.45. The molecule has 0 unspecified atom stereocenters. The fraction of sp³-hybridized carbons (Fsp3) is 0.304. The molecule has 2 heterocycles. The SMILES string of the molecule is COC(=O)c1ccc(Cn2nccc2-c2ccc(OC)c(O[C@H]3CCCO3)c2)cc1. The summed E-state index contributed by atoms with van der Waals surface area (Å²) in [5.41, 5.74) is 3.46. The third kappa shape index (κ3) is 4.31. The summed E-state index contributed by atoms with van der Waals surface area (Å²) in [7, 11) is 3.00. The zero-order valence-electron chi connectivity index (χ0n) is 17.0. The molecular formula is C23H24N2O5. The quantitative estimate of drug-likeness (QED) is 0.552. The van der Waals surface area contributed by atoms with Gasteiger partial charge in [-0.05, 0) is 48.4 Å². The lowest BCUT2D eigenvalue weighted by Crippen LogP contribution is -2.14. The van der Waals surface area contributed by atoms with Gasteiger partial charge < -0.3 is 18.9 Å². The van der Waals surface area contributed by atoms with Crippen molar-refractivity contribution in [1.82, 2.24) is 9.78 Å². The summed E-state index contributed by atoms with van der Waals surface area (Å²) in [5.74, 6) is 0.967. The summed E-state index contributed by atoms with van der Waals surface area (Å²) in [6.45, 7) is 1.28. The summed E-state index contributed by atoms with van der Waals surface area (Å²) < 4.78 is 23.7. The number of hydrogen-bond donors (Lipinski definition) is 0. The number of hydrogen-bond acceptors (Lipinski definition) is 6. The highest BCUT2D eigenvalue weighted by Gasteiger charge is 2.20. The number of methoxy groups -OCH3 is 2. The molecule has 4 rings (SSSR count). The second-order valence-corrected chi connectivity index (χ2v) is 6.99. The largest absolute Gasteiger partial charge is 0.493 e. The number of esters is 1. The first-order chi connectivity index (χ1) is 14.7. The highest BCUT2D eigenvalue weighted by molar-refractivity contribution is 5.89. The molecule has 0 radical (unpaired) electrons. The number of aromatic nitrogens is 2. The molecule has 7 nitrogen and oxygen atoms in total. The van der Waals surface area contributed by atoms with Crippen LogP contribution >= 0.6 is 0 Å². The molecule has 30 heavy (non-hydrogen) atoms. The molecule has 1 aliphatic rings. The maximum atomic E-state index is 11.6. The zero-order chi connectivity index (χ0) is 20.9. The molecule has 3 aromatic rings. The molecular weight excluding hydrogens is 384 g/mol. The van der Waals surface area contributed by atoms with Gasteiger partial charge in [-0.3, -0.25) is 4.68 Å². The Morgan fingerprint density at radius 1 is 1.13 bits per heavy atom. The number of carbonyl (C=O) groups is 1. The van der Waals surface area contributed by atoms with Gasteiger partial charge in [-0.2, -0.15) is 5.10 Å². The van der Waals surface area contributed by atoms with Crippen LogP contribution in [-0.2, 0) is 16.0 Å². The van der Waals surface area contributed by atoms with Crippen LogP contribution in [0.4, 0.5) is 0 Å². The predicted octanol–water partition coefficient (Wildman–Crippen LogP) is 3.91. The van der Waals surface area contributed by atoms with E-state index in [-0.39, 0.29) is 12.3 Å². The third-order valence-electron chi connectivity index (χ3n) is 5.03. The van der Waals surface area contributed by atoms with Gasteiger partial charge in [-0.15, -0.1) is 0 Å². The molecule has 2 aromatic carbocycles. The number of benzene rings is 2. The minimum Gasteiger partial charge on any atom is -0.493 e. The van der Waals surface area contributed by atoms with Crippen molar-refractivity contribution in [2.75, 3.05) is 20.8 Å². The van der Waals surface area contributed by atoms with Crippen LogP contribution in [0, 0.1) is 0 Å². The Bertz CT molecular complexity index is 1010. The second kappa shape index (κ2) is 9.00. The number of rotatable bonds is 7. The van der Waals surface area contributed by atoms with Crippen LogP contribution < -0.4 is 9.47 Å². The second-order valence-electron chi connectivity index (χ2n) is 6.99. The Kier molecular flexibility index (Phi) is 5.99. The number of nitrogens with zero attached hydrogens (tertiary/aromatic N) is 2. The standard InChI is InChI=1S/C23H24N2O5/c1-27-20-10-9-18(14-21(20)30-22-4-3-13-29-22)19-11-12-24-25(19)15-16-5-7-17(8-6-16)23(26)28-2/h5-12,14,22H,3-4,13,15H2,1-2H3/t22-/m0/s1. The molecule has 1 atom stereocenters. The van der Waals surface area contributed by atoms with E-state index in [1.807, 2.05) is 41.1 Å². The number of ether oxygens (including phenoxy) is 4. The minimum absolute atomic E-state index is 0.243. The van der Waals surface area contributed by atoms with E-state index in [2.05, 4.69) is 5.10 Å². The van der Waals surface area contributed by atoms with E-state index in [0.29, 0.717) is 30.2 Å². The van der Waals surface area contributed by atoms with Crippen molar-refractivity contribution in [3.05, 3.63) is 65.9 Å². The van der Waals surface area contributed by atoms with Crippen molar-refractivity contribution in [1.29, 1.82) is 0 Å². The van der Waals surface area contributed by atoms with Crippen molar-refractivity contribution in [3.8, 4) is 22.8 Å². The van der Waals surface area contributed by atoms with Crippen LogP contribution in [0.1, 0.15) is 28.8 Å². The van der Waals surface area contributed by atoms with E-state index in [1.54, 1.807) is 25.4 Å². The van der Waals surface area contributed by atoms with Crippen LogP contribution in [0.3, 0.4) is 0 Å². The van der Waals surface area contributed by atoms with Crippen LogP contribution in [0.15, 0.2) is 54.7 Å². The summed E-state index contributed by atoms with van der Waals surface area (Å²) in [4.78, 5) is 11.6. The monoisotopic (exact) mass is 408 g/mol. The Morgan fingerprint density at radius 2 is 1.97 bits per heavy atom. The molecule has 0 spiro atoms. The van der Waals surface area contributed by atoms with Gasteiger partial charge in [0.1, 0.15) is 0 Å². The Hall–Kier alpha value is -3.32. The average molecular weight is 408 g/mol. The molecule has 0 saturated carbocycles.